The van der Waals surface area contributed by atoms with Crippen LogP contribution in [0.25, 0.3) is 0 Å². The van der Waals surface area contributed by atoms with E-state index in [1.54, 1.807) is 0 Å². The Balaban J connectivity index is 1.88. The molecule has 0 unspecified atom stereocenters. The molecule has 1 heterocycles. The first kappa shape index (κ1) is 10.8. The minimum atomic E-state index is -0.0120. The number of fused-ring (bicyclic) bond motifs is 1. The number of rotatable bonds is 1. The van der Waals surface area contributed by atoms with Crippen LogP contribution < -0.4 is 0 Å². The molecule has 1 saturated carbocycles. The normalized spacial score (nSPS) is 32.7. The molecule has 90 valence electrons. The standard InChI is InChI=1S/C15H18O2/c16-14-10-12-8-4-5-9-13(12)15(17-14)11-6-2-1-3-7-11/h1-3,6-7,12-13,15H,4-5,8-10H2/t12-,13+,15-/m0/s1. The first-order chi connectivity index (χ1) is 8.34. The predicted molar refractivity (Wildman–Crippen MR) is 65.3 cm³/mol. The van der Waals surface area contributed by atoms with Crippen LogP contribution in [0.3, 0.4) is 0 Å². The van der Waals surface area contributed by atoms with Gasteiger partial charge in [-0.1, -0.05) is 43.2 Å². The molecule has 3 atom stereocenters. The molecule has 2 fully saturated rings. The average molecular weight is 230 g/mol. The number of benzene rings is 1. The van der Waals surface area contributed by atoms with Gasteiger partial charge in [0, 0.05) is 12.3 Å². The lowest BCUT2D eigenvalue weighted by atomic mass is 9.72. The van der Waals surface area contributed by atoms with E-state index in [-0.39, 0.29) is 12.1 Å². The highest BCUT2D eigenvalue weighted by atomic mass is 16.5. The zero-order valence-corrected chi connectivity index (χ0v) is 9.97. The van der Waals surface area contributed by atoms with Crippen molar-refractivity contribution in [3.8, 4) is 0 Å². The highest BCUT2D eigenvalue weighted by molar-refractivity contribution is 5.71. The zero-order valence-electron chi connectivity index (χ0n) is 9.97. The molecule has 0 aromatic heterocycles. The molecule has 2 nitrogen and oxygen atoms in total. The van der Waals surface area contributed by atoms with Crippen LogP contribution in [0.2, 0.25) is 0 Å². The number of hydrogen-bond acceptors (Lipinski definition) is 2. The largest absolute Gasteiger partial charge is 0.457 e. The van der Waals surface area contributed by atoms with Crippen molar-refractivity contribution in [2.24, 2.45) is 11.8 Å². The summed E-state index contributed by atoms with van der Waals surface area (Å²) in [6, 6.07) is 10.2. The molecule has 1 aromatic rings. The van der Waals surface area contributed by atoms with Crippen molar-refractivity contribution >= 4 is 5.97 Å². The van der Waals surface area contributed by atoms with Gasteiger partial charge in [0.1, 0.15) is 6.10 Å². The number of hydrogen-bond donors (Lipinski definition) is 0. The van der Waals surface area contributed by atoms with Crippen LogP contribution in [0, 0.1) is 11.8 Å². The Morgan fingerprint density at radius 1 is 1.06 bits per heavy atom. The highest BCUT2D eigenvalue weighted by Gasteiger charge is 2.40. The summed E-state index contributed by atoms with van der Waals surface area (Å²) in [7, 11) is 0. The van der Waals surface area contributed by atoms with E-state index in [4.69, 9.17) is 4.74 Å². The fourth-order valence-electron chi connectivity index (χ4n) is 3.34. The SMILES string of the molecule is O=C1C[C@@H]2CCCC[C@H]2[C@H](c2ccccc2)O1. The topological polar surface area (TPSA) is 26.3 Å². The summed E-state index contributed by atoms with van der Waals surface area (Å²) in [5.41, 5.74) is 1.16. The first-order valence-electron chi connectivity index (χ1n) is 6.59. The predicted octanol–water partition coefficient (Wildman–Crippen LogP) is 3.48. The third-order valence-corrected chi connectivity index (χ3v) is 4.17. The molecule has 1 aliphatic heterocycles. The van der Waals surface area contributed by atoms with Crippen LogP contribution >= 0.6 is 0 Å². The van der Waals surface area contributed by atoms with E-state index < -0.39 is 0 Å². The van der Waals surface area contributed by atoms with Crippen LogP contribution in [-0.4, -0.2) is 5.97 Å². The van der Waals surface area contributed by atoms with E-state index in [0.717, 1.165) is 5.56 Å². The molecule has 2 aliphatic rings. The second kappa shape index (κ2) is 4.52. The number of carbonyl (C=O) groups excluding carboxylic acids is 1. The van der Waals surface area contributed by atoms with Gasteiger partial charge in [-0.25, -0.2) is 0 Å². The van der Waals surface area contributed by atoms with Crippen molar-refractivity contribution in [3.63, 3.8) is 0 Å². The van der Waals surface area contributed by atoms with Crippen molar-refractivity contribution < 1.29 is 9.53 Å². The molecule has 2 heteroatoms. The Morgan fingerprint density at radius 2 is 1.82 bits per heavy atom. The molecule has 1 aliphatic carbocycles. The van der Waals surface area contributed by atoms with Crippen molar-refractivity contribution in [3.05, 3.63) is 35.9 Å². The van der Waals surface area contributed by atoms with Gasteiger partial charge < -0.3 is 4.74 Å². The van der Waals surface area contributed by atoms with Gasteiger partial charge >= 0.3 is 5.97 Å². The maximum atomic E-state index is 11.7. The van der Waals surface area contributed by atoms with E-state index >= 15 is 0 Å². The highest BCUT2D eigenvalue weighted by Crippen LogP contribution is 2.45. The Morgan fingerprint density at radius 3 is 2.65 bits per heavy atom. The summed E-state index contributed by atoms with van der Waals surface area (Å²) in [5, 5.41) is 0. The maximum Gasteiger partial charge on any atom is 0.306 e. The van der Waals surface area contributed by atoms with E-state index in [2.05, 4.69) is 12.1 Å². The van der Waals surface area contributed by atoms with Crippen LogP contribution in [0.4, 0.5) is 0 Å². The second-order valence-corrected chi connectivity index (χ2v) is 5.23. The van der Waals surface area contributed by atoms with Crippen LogP contribution in [0.15, 0.2) is 30.3 Å². The lowest BCUT2D eigenvalue weighted by Crippen LogP contribution is -2.35. The minimum Gasteiger partial charge on any atom is -0.457 e. The van der Waals surface area contributed by atoms with Crippen molar-refractivity contribution in [2.45, 2.75) is 38.2 Å². The van der Waals surface area contributed by atoms with Crippen molar-refractivity contribution in [1.82, 2.24) is 0 Å². The van der Waals surface area contributed by atoms with Gasteiger partial charge in [-0.15, -0.1) is 0 Å². The van der Waals surface area contributed by atoms with Crippen molar-refractivity contribution in [2.75, 3.05) is 0 Å². The molecule has 1 aromatic carbocycles. The van der Waals surface area contributed by atoms with Gasteiger partial charge in [0.15, 0.2) is 0 Å². The molecular weight excluding hydrogens is 212 g/mol. The molecular formula is C15H18O2. The molecule has 3 rings (SSSR count). The molecule has 1 saturated heterocycles. The van der Waals surface area contributed by atoms with Gasteiger partial charge in [0.2, 0.25) is 0 Å². The molecule has 0 radical (unpaired) electrons. The fraction of sp³-hybridized carbons (Fsp3) is 0.533. The summed E-state index contributed by atoms with van der Waals surface area (Å²) < 4.78 is 5.60. The minimum absolute atomic E-state index is 0.00255. The Bertz CT molecular complexity index is 399. The van der Waals surface area contributed by atoms with E-state index in [9.17, 15) is 4.79 Å². The van der Waals surface area contributed by atoms with E-state index in [1.165, 1.54) is 25.7 Å². The summed E-state index contributed by atoms with van der Waals surface area (Å²) in [5.74, 6) is 1.08. The molecule has 0 spiro atoms. The Hall–Kier alpha value is -1.31. The number of ether oxygens (including phenoxy) is 1. The molecule has 0 amide bonds. The van der Waals surface area contributed by atoms with Crippen LogP contribution in [0.5, 0.6) is 0 Å². The number of cyclic esters (lactones) is 1. The Kier molecular flexibility index (Phi) is 2.87. The zero-order chi connectivity index (χ0) is 11.7. The van der Waals surface area contributed by atoms with Crippen LogP contribution in [0.1, 0.15) is 43.8 Å². The van der Waals surface area contributed by atoms with Gasteiger partial charge in [0.05, 0.1) is 0 Å². The molecule has 17 heavy (non-hydrogen) atoms. The summed E-state index contributed by atoms with van der Waals surface area (Å²) >= 11 is 0. The summed E-state index contributed by atoms with van der Waals surface area (Å²) in [4.78, 5) is 11.7. The second-order valence-electron chi connectivity index (χ2n) is 5.23. The summed E-state index contributed by atoms with van der Waals surface area (Å²) in [6.07, 6.45) is 5.59. The smallest absolute Gasteiger partial charge is 0.306 e. The fourth-order valence-corrected chi connectivity index (χ4v) is 3.34. The lowest BCUT2D eigenvalue weighted by molar-refractivity contribution is -0.166. The lowest BCUT2D eigenvalue weighted by Gasteiger charge is -2.40. The van der Waals surface area contributed by atoms with Crippen molar-refractivity contribution in [1.29, 1.82) is 0 Å². The third kappa shape index (κ3) is 2.08. The van der Waals surface area contributed by atoms with Gasteiger partial charge in [-0.2, -0.15) is 0 Å². The third-order valence-electron chi connectivity index (χ3n) is 4.17. The molecule has 0 N–H and O–H groups in total. The monoisotopic (exact) mass is 230 g/mol. The van der Waals surface area contributed by atoms with Gasteiger partial charge in [-0.05, 0) is 24.3 Å². The van der Waals surface area contributed by atoms with E-state index in [0.29, 0.717) is 18.3 Å². The quantitative estimate of drug-likeness (QED) is 0.690. The maximum absolute atomic E-state index is 11.7. The number of carbonyl (C=O) groups is 1. The van der Waals surface area contributed by atoms with Gasteiger partial charge in [0.25, 0.3) is 0 Å². The Labute approximate surface area is 102 Å². The molecule has 0 bridgehead atoms. The first-order valence-corrected chi connectivity index (χ1v) is 6.59. The summed E-state index contributed by atoms with van der Waals surface area (Å²) in [6.45, 7) is 0. The average Bonchev–Trinajstić information content (AvgIpc) is 2.39. The van der Waals surface area contributed by atoms with Crippen LogP contribution in [-0.2, 0) is 9.53 Å². The van der Waals surface area contributed by atoms with E-state index in [1.807, 2.05) is 18.2 Å². The number of esters is 1. The van der Waals surface area contributed by atoms with Gasteiger partial charge in [-0.3, -0.25) is 4.79 Å².